The van der Waals surface area contributed by atoms with Crippen LogP contribution in [0, 0.1) is 31.6 Å². The fourth-order valence-electron chi connectivity index (χ4n) is 5.50. The molecule has 43 heavy (non-hydrogen) atoms. The Morgan fingerprint density at radius 3 is 2.56 bits per heavy atom. The van der Waals surface area contributed by atoms with E-state index in [4.69, 9.17) is 9.26 Å². The molecule has 3 heterocycles. The van der Waals surface area contributed by atoms with Crippen LogP contribution in [0.25, 0.3) is 11.1 Å². The smallest absolute Gasteiger partial charge is 0.257 e. The molecular weight excluding hydrogens is 571 g/mol. The Hall–Kier alpha value is -3.25. The first-order chi connectivity index (χ1) is 20.4. The zero-order valence-electron chi connectivity index (χ0n) is 26.3. The van der Waals surface area contributed by atoms with Gasteiger partial charge in [-0.3, -0.25) is 9.59 Å². The molecule has 1 aliphatic rings. The largest absolute Gasteiger partial charge is 0.364 e. The molecule has 0 bridgehead atoms. The number of nitrogens with zero attached hydrogens (tertiary/aromatic N) is 4. The minimum absolute atomic E-state index is 0.0580. The van der Waals surface area contributed by atoms with Crippen molar-refractivity contribution in [2.75, 3.05) is 36.4 Å². The quantitative estimate of drug-likeness (QED) is 0.204. The van der Waals surface area contributed by atoms with Gasteiger partial charge in [-0.2, -0.15) is 9.49 Å². The van der Waals surface area contributed by atoms with E-state index >= 15 is 4.39 Å². The lowest BCUT2D eigenvalue weighted by molar-refractivity contribution is -0.119. The second kappa shape index (κ2) is 14.0. The van der Waals surface area contributed by atoms with E-state index < -0.39 is 33.8 Å². The van der Waals surface area contributed by atoms with E-state index in [2.05, 4.69) is 51.6 Å². The second-order valence-electron chi connectivity index (χ2n) is 12.4. The summed E-state index contributed by atoms with van der Waals surface area (Å²) in [5.41, 5.74) is 3.21. The van der Waals surface area contributed by atoms with Crippen LogP contribution in [0.15, 0.2) is 22.9 Å². The number of aryl methyl sites for hydroxylation is 2. The summed E-state index contributed by atoms with van der Waals surface area (Å²) in [7, 11) is -0.656. The first kappa shape index (κ1) is 32.7. The molecule has 0 aliphatic heterocycles. The third-order valence-corrected chi connectivity index (χ3v) is 9.52. The summed E-state index contributed by atoms with van der Waals surface area (Å²) in [5.74, 6) is 0.00713. The van der Waals surface area contributed by atoms with Gasteiger partial charge in [-0.05, 0) is 75.8 Å². The Morgan fingerprint density at radius 2 is 1.91 bits per heavy atom. The molecule has 1 atom stereocenters. The summed E-state index contributed by atoms with van der Waals surface area (Å²) in [5, 5.41) is 14.1. The van der Waals surface area contributed by atoms with E-state index in [1.54, 1.807) is 16.8 Å². The lowest BCUT2D eigenvalue weighted by Gasteiger charge is -2.32. The van der Waals surface area contributed by atoms with Crippen molar-refractivity contribution in [2.45, 2.75) is 72.6 Å². The molecule has 2 N–H and O–H groups in total. The lowest BCUT2D eigenvalue weighted by atomic mass is 9.79. The van der Waals surface area contributed by atoms with Gasteiger partial charge in [0, 0.05) is 22.6 Å². The van der Waals surface area contributed by atoms with Crippen molar-refractivity contribution in [1.29, 1.82) is 0 Å². The van der Waals surface area contributed by atoms with Crippen molar-refractivity contribution in [2.24, 2.45) is 11.8 Å². The minimum atomic E-state index is -0.813. The molecule has 3 aromatic rings. The second-order valence-corrected chi connectivity index (χ2v) is 17.0. The molecular formula is C31H45FN6O4S. The maximum atomic E-state index is 15.5. The van der Waals surface area contributed by atoms with Gasteiger partial charge in [0.1, 0.15) is 30.4 Å². The van der Waals surface area contributed by atoms with E-state index in [0.717, 1.165) is 37.1 Å². The van der Waals surface area contributed by atoms with Crippen LogP contribution in [-0.2, 0) is 22.7 Å². The van der Waals surface area contributed by atoms with Crippen LogP contribution in [0.5, 0.6) is 0 Å². The molecule has 10 nitrogen and oxygen atoms in total. The highest BCUT2D eigenvalue weighted by molar-refractivity contribution is 8.32. The van der Waals surface area contributed by atoms with Crippen molar-refractivity contribution >= 4 is 27.7 Å². The molecule has 4 rings (SSSR count). The SMILES string of the molecule is CCc1nocc1C(=O)N[C@H](C(=O)Nc1ccc(-c2c(C)nn(COCCS(C)(C)C)c2C)c(F)n1)[C@H]1CC[C@H](C)CC1. The summed E-state index contributed by atoms with van der Waals surface area (Å²) in [6.45, 7) is 8.69. The number of anilines is 1. The first-order valence-electron chi connectivity index (χ1n) is 14.9. The number of hydrogen-bond acceptors (Lipinski definition) is 7. The Bertz CT molecular complexity index is 1420. The lowest BCUT2D eigenvalue weighted by Crippen LogP contribution is -2.49. The number of halogens is 1. The number of hydrogen-bond donors (Lipinski definition) is 2. The van der Waals surface area contributed by atoms with Gasteiger partial charge in [-0.1, -0.05) is 31.8 Å². The van der Waals surface area contributed by atoms with E-state index in [-0.39, 0.29) is 18.5 Å². The summed E-state index contributed by atoms with van der Waals surface area (Å²) >= 11 is 0. The van der Waals surface area contributed by atoms with Crippen LogP contribution in [0.3, 0.4) is 0 Å². The zero-order valence-corrected chi connectivity index (χ0v) is 27.1. The Balaban J connectivity index is 1.49. The van der Waals surface area contributed by atoms with Gasteiger partial charge in [0.05, 0.1) is 18.0 Å². The summed E-state index contributed by atoms with van der Waals surface area (Å²) in [6, 6.07) is 2.36. The van der Waals surface area contributed by atoms with E-state index in [9.17, 15) is 9.59 Å². The Labute approximate surface area is 254 Å². The Kier molecular flexibility index (Phi) is 10.7. The van der Waals surface area contributed by atoms with Crippen LogP contribution < -0.4 is 10.6 Å². The summed E-state index contributed by atoms with van der Waals surface area (Å²) < 4.78 is 28.0. The number of carbonyl (C=O) groups is 2. The van der Waals surface area contributed by atoms with Gasteiger partial charge in [0.15, 0.2) is 0 Å². The molecule has 0 spiro atoms. The minimum Gasteiger partial charge on any atom is -0.364 e. The molecule has 1 aliphatic carbocycles. The molecule has 0 saturated heterocycles. The van der Waals surface area contributed by atoms with Crippen LogP contribution >= 0.6 is 10.0 Å². The van der Waals surface area contributed by atoms with Crippen molar-refractivity contribution < 1.29 is 23.2 Å². The summed E-state index contributed by atoms with van der Waals surface area (Å²) in [4.78, 5) is 30.8. The zero-order chi connectivity index (χ0) is 31.3. The molecule has 0 unspecified atom stereocenters. The maximum absolute atomic E-state index is 15.5. The standard InChI is InChI=1S/C31H45FN6O4S/c1-8-25-24(17-42-37-25)30(39)35-28(22-11-9-19(2)10-12-22)31(40)34-26-14-13-23(29(32)33-26)27-20(3)36-38(21(27)4)18-41-15-16-43(5,6)7/h13-14,17,19,22,28H,8-12,15-16,18H2,1-7H3,(H,35,39)(H,33,34,40)/t19-,22-,28-/m0/s1. The molecule has 1 fully saturated rings. The van der Waals surface area contributed by atoms with Crippen LogP contribution in [-0.4, -0.2) is 68.9 Å². The molecule has 1 saturated carbocycles. The number of carbonyl (C=O) groups excluding carboxylic acids is 2. The number of rotatable bonds is 12. The number of amides is 2. The summed E-state index contributed by atoms with van der Waals surface area (Å²) in [6.07, 6.45) is 12.1. The highest BCUT2D eigenvalue weighted by Gasteiger charge is 2.34. The monoisotopic (exact) mass is 616 g/mol. The predicted molar refractivity (Wildman–Crippen MR) is 168 cm³/mol. The van der Waals surface area contributed by atoms with Crippen molar-refractivity contribution in [3.63, 3.8) is 0 Å². The van der Waals surface area contributed by atoms with Crippen molar-refractivity contribution in [3.05, 3.63) is 47.0 Å². The van der Waals surface area contributed by atoms with Gasteiger partial charge >= 0.3 is 0 Å². The van der Waals surface area contributed by atoms with Crippen molar-refractivity contribution in [1.82, 2.24) is 25.2 Å². The number of aromatic nitrogens is 4. The molecule has 0 radical (unpaired) electrons. The van der Waals surface area contributed by atoms with Crippen molar-refractivity contribution in [3.8, 4) is 11.1 Å². The van der Waals surface area contributed by atoms with E-state index in [1.807, 2.05) is 20.8 Å². The molecule has 236 valence electrons. The maximum Gasteiger partial charge on any atom is 0.257 e. The topological polar surface area (TPSA) is 124 Å². The number of ether oxygens (including phenoxy) is 1. The average Bonchev–Trinajstić information content (AvgIpc) is 3.54. The van der Waals surface area contributed by atoms with Gasteiger partial charge < -0.3 is 19.9 Å². The predicted octanol–water partition coefficient (Wildman–Crippen LogP) is 5.48. The molecule has 0 aromatic carbocycles. The van der Waals surface area contributed by atoms with E-state index in [1.165, 1.54) is 6.26 Å². The highest BCUT2D eigenvalue weighted by atomic mass is 32.3. The Morgan fingerprint density at radius 1 is 1.19 bits per heavy atom. The van der Waals surface area contributed by atoms with Gasteiger partial charge in [-0.25, -0.2) is 19.7 Å². The normalized spacial score (nSPS) is 18.3. The highest BCUT2D eigenvalue weighted by Crippen LogP contribution is 2.34. The molecule has 3 aromatic heterocycles. The van der Waals surface area contributed by atoms with Crippen LogP contribution in [0.2, 0.25) is 0 Å². The fourth-order valence-corrected chi connectivity index (χ4v) is 6.12. The average molecular weight is 617 g/mol. The first-order valence-corrected chi connectivity index (χ1v) is 17.9. The van der Waals surface area contributed by atoms with Gasteiger partial charge in [0.2, 0.25) is 11.9 Å². The van der Waals surface area contributed by atoms with Gasteiger partial charge in [0.25, 0.3) is 5.91 Å². The van der Waals surface area contributed by atoms with Gasteiger partial charge in [-0.15, -0.1) is 0 Å². The third-order valence-electron chi connectivity index (χ3n) is 8.13. The molecule has 2 amide bonds. The van der Waals surface area contributed by atoms with Crippen LogP contribution in [0.1, 0.15) is 67.0 Å². The molecule has 12 heteroatoms. The number of pyridine rings is 1. The fraction of sp³-hybridized carbons (Fsp3) is 0.581. The third kappa shape index (κ3) is 8.23. The number of nitrogens with one attached hydrogen (secondary N) is 2. The van der Waals surface area contributed by atoms with Crippen LogP contribution in [0.4, 0.5) is 10.2 Å². The van der Waals surface area contributed by atoms with E-state index in [0.29, 0.717) is 47.0 Å².